The second kappa shape index (κ2) is 10.2. The Hall–Kier alpha value is -1.51. The standard InChI is InChI=1S/C20H21Cl3N2O4S/c21-15-5-4-14(17(22)10-15)12-24-20(26)13-29-19-7-6-16(11-18(19)23)30(27,28)25-8-2-1-3-9-25/h4-7,10-11H,1-3,8-9,12-13H2,(H,24,26). The summed E-state index contributed by atoms with van der Waals surface area (Å²) < 4.78 is 32.4. The third-order valence-corrected chi connectivity index (χ3v) is 7.48. The number of halogens is 3. The molecule has 1 amide bonds. The molecule has 2 aromatic carbocycles. The van der Waals surface area contributed by atoms with Gasteiger partial charge < -0.3 is 10.1 Å². The third kappa shape index (κ3) is 5.80. The fourth-order valence-corrected chi connectivity index (χ4v) is 5.39. The average molecular weight is 492 g/mol. The van der Waals surface area contributed by atoms with Crippen molar-refractivity contribution in [1.29, 1.82) is 0 Å². The number of carbonyl (C=O) groups excluding carboxylic acids is 1. The van der Waals surface area contributed by atoms with Gasteiger partial charge in [-0.05, 0) is 48.7 Å². The van der Waals surface area contributed by atoms with Gasteiger partial charge in [0.15, 0.2) is 6.61 Å². The molecule has 0 saturated carbocycles. The van der Waals surface area contributed by atoms with Crippen LogP contribution in [0.1, 0.15) is 24.8 Å². The SMILES string of the molecule is O=C(COc1ccc(S(=O)(=O)N2CCCCC2)cc1Cl)NCc1ccc(Cl)cc1Cl. The molecule has 1 saturated heterocycles. The highest BCUT2D eigenvalue weighted by Crippen LogP contribution is 2.29. The number of ether oxygens (including phenoxy) is 1. The molecule has 0 spiro atoms. The molecule has 1 N–H and O–H groups in total. The monoisotopic (exact) mass is 490 g/mol. The number of hydrogen-bond donors (Lipinski definition) is 1. The Kier molecular flexibility index (Phi) is 7.87. The molecule has 0 radical (unpaired) electrons. The molecule has 6 nitrogen and oxygen atoms in total. The van der Waals surface area contributed by atoms with Gasteiger partial charge in [-0.15, -0.1) is 0 Å². The Bertz CT molecular complexity index is 1020. The van der Waals surface area contributed by atoms with E-state index in [4.69, 9.17) is 39.5 Å². The average Bonchev–Trinajstić information content (AvgIpc) is 2.72. The highest BCUT2D eigenvalue weighted by Gasteiger charge is 2.26. The highest BCUT2D eigenvalue weighted by atomic mass is 35.5. The predicted molar refractivity (Wildman–Crippen MR) is 118 cm³/mol. The molecule has 3 rings (SSSR count). The molecule has 0 aromatic heterocycles. The number of piperidine rings is 1. The maximum atomic E-state index is 12.7. The number of rotatable bonds is 7. The maximum Gasteiger partial charge on any atom is 0.258 e. The fraction of sp³-hybridized carbons (Fsp3) is 0.350. The summed E-state index contributed by atoms with van der Waals surface area (Å²) in [6.45, 7) is 0.966. The number of hydrogen-bond acceptors (Lipinski definition) is 4. The largest absolute Gasteiger partial charge is 0.482 e. The Balaban J connectivity index is 1.57. The summed E-state index contributed by atoms with van der Waals surface area (Å²) in [4.78, 5) is 12.2. The van der Waals surface area contributed by atoms with E-state index in [2.05, 4.69) is 5.32 Å². The van der Waals surface area contributed by atoms with Gasteiger partial charge in [0.1, 0.15) is 5.75 Å². The lowest BCUT2D eigenvalue weighted by atomic mass is 10.2. The Morgan fingerprint density at radius 1 is 1.00 bits per heavy atom. The number of sulfonamides is 1. The van der Waals surface area contributed by atoms with Crippen molar-refractivity contribution >= 4 is 50.7 Å². The Labute approximate surface area is 191 Å². The molecule has 2 aromatic rings. The van der Waals surface area contributed by atoms with Gasteiger partial charge in [-0.25, -0.2) is 8.42 Å². The smallest absolute Gasteiger partial charge is 0.258 e. The summed E-state index contributed by atoms with van der Waals surface area (Å²) in [5.41, 5.74) is 0.722. The van der Waals surface area contributed by atoms with Crippen LogP contribution in [0.3, 0.4) is 0 Å². The van der Waals surface area contributed by atoms with E-state index in [-0.39, 0.29) is 34.7 Å². The molecule has 1 heterocycles. The first-order valence-corrected chi connectivity index (χ1v) is 12.0. The van der Waals surface area contributed by atoms with Gasteiger partial charge in [-0.3, -0.25) is 4.79 Å². The van der Waals surface area contributed by atoms with Gasteiger partial charge in [0, 0.05) is 29.7 Å². The molecule has 0 unspecified atom stereocenters. The minimum atomic E-state index is -3.59. The van der Waals surface area contributed by atoms with Crippen molar-refractivity contribution in [2.24, 2.45) is 0 Å². The van der Waals surface area contributed by atoms with E-state index >= 15 is 0 Å². The van der Waals surface area contributed by atoms with Crippen LogP contribution in [0.4, 0.5) is 0 Å². The van der Waals surface area contributed by atoms with Crippen molar-refractivity contribution < 1.29 is 17.9 Å². The molecular formula is C20H21Cl3N2O4S. The topological polar surface area (TPSA) is 75.7 Å². The minimum absolute atomic E-state index is 0.114. The van der Waals surface area contributed by atoms with Crippen LogP contribution in [0, 0.1) is 0 Å². The molecule has 1 aliphatic rings. The van der Waals surface area contributed by atoms with Crippen molar-refractivity contribution in [2.75, 3.05) is 19.7 Å². The first-order chi connectivity index (χ1) is 14.3. The van der Waals surface area contributed by atoms with Crippen LogP contribution >= 0.6 is 34.8 Å². The van der Waals surface area contributed by atoms with Crippen molar-refractivity contribution in [3.8, 4) is 5.75 Å². The number of nitrogens with one attached hydrogen (secondary N) is 1. The second-order valence-corrected chi connectivity index (χ2v) is 10.0. The van der Waals surface area contributed by atoms with E-state index in [1.807, 2.05) is 0 Å². The first kappa shape index (κ1) is 23.2. The molecule has 162 valence electrons. The summed E-state index contributed by atoms with van der Waals surface area (Å²) in [6.07, 6.45) is 2.74. The number of nitrogens with zero attached hydrogens (tertiary/aromatic N) is 1. The molecule has 0 aliphatic carbocycles. The van der Waals surface area contributed by atoms with E-state index in [0.29, 0.717) is 23.1 Å². The number of amides is 1. The van der Waals surface area contributed by atoms with E-state index < -0.39 is 10.0 Å². The van der Waals surface area contributed by atoms with Gasteiger partial charge in [0.2, 0.25) is 10.0 Å². The lowest BCUT2D eigenvalue weighted by Gasteiger charge is -2.26. The molecule has 0 atom stereocenters. The molecular weight excluding hydrogens is 471 g/mol. The third-order valence-electron chi connectivity index (χ3n) is 4.71. The van der Waals surface area contributed by atoms with Gasteiger partial charge in [0.25, 0.3) is 5.91 Å². The summed E-state index contributed by atoms with van der Waals surface area (Å²) in [7, 11) is -3.59. The van der Waals surface area contributed by atoms with E-state index in [1.165, 1.54) is 22.5 Å². The number of carbonyl (C=O) groups is 1. The van der Waals surface area contributed by atoms with Crippen molar-refractivity contribution in [3.05, 3.63) is 57.0 Å². The normalized spacial score (nSPS) is 15.0. The zero-order chi connectivity index (χ0) is 21.7. The van der Waals surface area contributed by atoms with Crippen LogP contribution in [0.5, 0.6) is 5.75 Å². The summed E-state index contributed by atoms with van der Waals surface area (Å²) >= 11 is 18.1. The van der Waals surface area contributed by atoms with E-state index in [1.54, 1.807) is 18.2 Å². The summed E-state index contributed by atoms with van der Waals surface area (Å²) in [5.74, 6) is -0.143. The van der Waals surface area contributed by atoms with Crippen molar-refractivity contribution in [1.82, 2.24) is 9.62 Å². The predicted octanol–water partition coefficient (Wildman–Crippen LogP) is 4.52. The van der Waals surface area contributed by atoms with Crippen LogP contribution in [0.2, 0.25) is 15.1 Å². The Morgan fingerprint density at radius 2 is 1.73 bits per heavy atom. The molecule has 10 heteroatoms. The van der Waals surface area contributed by atoms with E-state index in [0.717, 1.165) is 24.8 Å². The van der Waals surface area contributed by atoms with Crippen molar-refractivity contribution in [3.63, 3.8) is 0 Å². The summed E-state index contributed by atoms with van der Waals surface area (Å²) in [5, 5.41) is 3.79. The van der Waals surface area contributed by atoms with Crippen LogP contribution < -0.4 is 10.1 Å². The minimum Gasteiger partial charge on any atom is -0.482 e. The zero-order valence-corrected chi connectivity index (χ0v) is 19.1. The lowest BCUT2D eigenvalue weighted by Crippen LogP contribution is -2.35. The van der Waals surface area contributed by atoms with Crippen LogP contribution in [-0.4, -0.2) is 38.3 Å². The number of benzene rings is 2. The zero-order valence-electron chi connectivity index (χ0n) is 16.0. The molecule has 30 heavy (non-hydrogen) atoms. The van der Waals surface area contributed by atoms with Crippen LogP contribution in [0.25, 0.3) is 0 Å². The highest BCUT2D eigenvalue weighted by molar-refractivity contribution is 7.89. The van der Waals surface area contributed by atoms with Gasteiger partial charge >= 0.3 is 0 Å². The Morgan fingerprint density at radius 3 is 2.40 bits per heavy atom. The first-order valence-electron chi connectivity index (χ1n) is 9.40. The van der Waals surface area contributed by atoms with Gasteiger partial charge in [0.05, 0.1) is 9.92 Å². The van der Waals surface area contributed by atoms with Crippen LogP contribution in [-0.2, 0) is 21.4 Å². The lowest BCUT2D eigenvalue weighted by molar-refractivity contribution is -0.123. The van der Waals surface area contributed by atoms with Crippen molar-refractivity contribution in [2.45, 2.75) is 30.7 Å². The molecule has 1 aliphatic heterocycles. The van der Waals surface area contributed by atoms with Gasteiger partial charge in [-0.1, -0.05) is 47.3 Å². The fourth-order valence-electron chi connectivity index (χ4n) is 3.07. The van der Waals surface area contributed by atoms with Crippen LogP contribution in [0.15, 0.2) is 41.3 Å². The summed E-state index contributed by atoms with van der Waals surface area (Å²) in [6, 6.07) is 9.26. The second-order valence-electron chi connectivity index (χ2n) is 6.86. The molecule has 0 bridgehead atoms. The molecule has 1 fully saturated rings. The van der Waals surface area contributed by atoms with E-state index in [9.17, 15) is 13.2 Å². The quantitative estimate of drug-likeness (QED) is 0.618. The maximum absolute atomic E-state index is 12.7. The van der Waals surface area contributed by atoms with Gasteiger partial charge in [-0.2, -0.15) is 4.31 Å².